The Labute approximate surface area is 94.9 Å². The van der Waals surface area contributed by atoms with Crippen LogP contribution in [-0.4, -0.2) is 41.1 Å². The molecule has 0 aromatic heterocycles. The van der Waals surface area contributed by atoms with Crippen molar-refractivity contribution in [2.45, 2.75) is 32.0 Å². The van der Waals surface area contributed by atoms with Crippen LogP contribution in [-0.2, 0) is 4.43 Å². The van der Waals surface area contributed by atoms with Gasteiger partial charge in [-0.05, 0) is 45.1 Å². The summed E-state index contributed by atoms with van der Waals surface area (Å²) >= 11 is 0. The molecule has 15 heavy (non-hydrogen) atoms. The molecule has 5 N–H and O–H groups in total. The second-order valence-corrected chi connectivity index (χ2v) is 8.70. The van der Waals surface area contributed by atoms with Gasteiger partial charge in [0, 0.05) is 19.7 Å². The quantitative estimate of drug-likeness (QED) is 0.379. The number of rotatable bonds is 10. The van der Waals surface area contributed by atoms with Gasteiger partial charge in [-0.3, -0.25) is 0 Å². The van der Waals surface area contributed by atoms with Gasteiger partial charge < -0.3 is 21.2 Å². The minimum Gasteiger partial charge on any atom is -0.417 e. The molecular weight excluding hydrogens is 206 g/mol. The highest BCUT2D eigenvalue weighted by molar-refractivity contribution is 6.71. The van der Waals surface area contributed by atoms with Crippen LogP contribution in [0, 0.1) is 0 Å². The molecule has 4 nitrogen and oxygen atoms in total. The van der Waals surface area contributed by atoms with Crippen molar-refractivity contribution in [3.05, 3.63) is 0 Å². The minimum absolute atomic E-state index is 0.716. The summed E-state index contributed by atoms with van der Waals surface area (Å²) in [6, 6.07) is 1.20. The van der Waals surface area contributed by atoms with E-state index in [1.165, 1.54) is 12.5 Å². The molecule has 0 spiro atoms. The lowest BCUT2D eigenvalue weighted by atomic mass is 10.5. The average molecular weight is 233 g/mol. The van der Waals surface area contributed by atoms with Crippen molar-refractivity contribution in [1.82, 2.24) is 5.32 Å². The molecule has 0 aromatic rings. The Kier molecular flexibility index (Phi) is 9.33. The Bertz CT molecular complexity index is 145. The highest BCUT2D eigenvalue weighted by Gasteiger charge is 2.20. The largest absolute Gasteiger partial charge is 0.417 e. The van der Waals surface area contributed by atoms with Gasteiger partial charge in [0.15, 0.2) is 8.32 Å². The zero-order valence-electron chi connectivity index (χ0n) is 10.2. The van der Waals surface area contributed by atoms with Crippen molar-refractivity contribution in [3.8, 4) is 0 Å². The molecule has 0 fully saturated rings. The fourth-order valence-electron chi connectivity index (χ4n) is 1.37. The van der Waals surface area contributed by atoms with Gasteiger partial charge in [-0.1, -0.05) is 0 Å². The number of hydrogen-bond acceptors (Lipinski definition) is 4. The third-order valence-corrected chi connectivity index (χ3v) is 4.84. The van der Waals surface area contributed by atoms with E-state index in [-0.39, 0.29) is 0 Å². The van der Waals surface area contributed by atoms with Gasteiger partial charge in [0.2, 0.25) is 0 Å². The predicted molar refractivity (Wildman–Crippen MR) is 68.5 cm³/mol. The Morgan fingerprint density at radius 1 is 1.07 bits per heavy atom. The van der Waals surface area contributed by atoms with Crippen LogP contribution in [0.15, 0.2) is 0 Å². The molecule has 0 saturated heterocycles. The van der Waals surface area contributed by atoms with Gasteiger partial charge in [0.25, 0.3) is 0 Å². The lowest BCUT2D eigenvalue weighted by Crippen LogP contribution is -2.32. The lowest BCUT2D eigenvalue weighted by Gasteiger charge is -2.22. The summed E-state index contributed by atoms with van der Waals surface area (Å²) in [6.07, 6.45) is 2.16. The van der Waals surface area contributed by atoms with Crippen LogP contribution >= 0.6 is 0 Å². The van der Waals surface area contributed by atoms with Gasteiger partial charge in [0.1, 0.15) is 0 Å². The van der Waals surface area contributed by atoms with Gasteiger partial charge >= 0.3 is 0 Å². The van der Waals surface area contributed by atoms with Crippen LogP contribution in [0.4, 0.5) is 0 Å². The lowest BCUT2D eigenvalue weighted by molar-refractivity contribution is 0.301. The van der Waals surface area contributed by atoms with Crippen molar-refractivity contribution in [3.63, 3.8) is 0 Å². The molecule has 0 rings (SSSR count). The number of nitrogens with two attached hydrogens (primary N) is 2. The molecule has 0 aliphatic heterocycles. The maximum atomic E-state index is 5.88. The Morgan fingerprint density at radius 2 is 1.80 bits per heavy atom. The van der Waals surface area contributed by atoms with Crippen molar-refractivity contribution in [1.29, 1.82) is 0 Å². The molecule has 0 unspecified atom stereocenters. The monoisotopic (exact) mass is 233 g/mol. The molecule has 0 bridgehead atoms. The second kappa shape index (κ2) is 9.29. The zero-order chi connectivity index (χ0) is 11.6. The summed E-state index contributed by atoms with van der Waals surface area (Å²) < 4.78 is 5.88. The third-order valence-electron chi connectivity index (χ3n) is 2.29. The van der Waals surface area contributed by atoms with Gasteiger partial charge in [-0.2, -0.15) is 0 Å². The maximum absolute atomic E-state index is 5.88. The van der Waals surface area contributed by atoms with E-state index in [0.717, 1.165) is 32.7 Å². The molecule has 0 saturated carbocycles. The van der Waals surface area contributed by atoms with Crippen molar-refractivity contribution < 1.29 is 4.43 Å². The molecule has 0 atom stereocenters. The summed E-state index contributed by atoms with van der Waals surface area (Å²) in [5.74, 6) is 0. The first kappa shape index (κ1) is 15.1. The van der Waals surface area contributed by atoms with E-state index in [9.17, 15) is 0 Å². The van der Waals surface area contributed by atoms with Crippen LogP contribution in [0.3, 0.4) is 0 Å². The fourth-order valence-corrected chi connectivity index (χ4v) is 3.24. The standard InChI is InChI=1S/C10H27N3OSi/c1-15(2,14-9-3-5-11)10-4-7-13-8-6-12/h13H,3-12H2,1-2H3. The van der Waals surface area contributed by atoms with Crippen molar-refractivity contribution in [2.75, 3.05) is 32.8 Å². The fraction of sp³-hybridized carbons (Fsp3) is 1.00. The summed E-state index contributed by atoms with van der Waals surface area (Å²) in [7, 11) is -1.43. The van der Waals surface area contributed by atoms with E-state index in [1.54, 1.807) is 0 Å². The zero-order valence-corrected chi connectivity index (χ0v) is 11.2. The minimum atomic E-state index is -1.43. The highest BCUT2D eigenvalue weighted by atomic mass is 28.4. The van der Waals surface area contributed by atoms with Crippen LogP contribution in [0.5, 0.6) is 0 Å². The third kappa shape index (κ3) is 10.3. The number of nitrogens with one attached hydrogen (secondary N) is 1. The molecule has 0 radical (unpaired) electrons. The van der Waals surface area contributed by atoms with Gasteiger partial charge in [-0.25, -0.2) is 0 Å². The summed E-state index contributed by atoms with van der Waals surface area (Å²) in [5.41, 5.74) is 10.8. The van der Waals surface area contributed by atoms with Crippen LogP contribution in [0.1, 0.15) is 12.8 Å². The second-order valence-electron chi connectivity index (χ2n) is 4.39. The molecule has 0 amide bonds. The SMILES string of the molecule is C[Si](C)(CCCNCCN)OCCCN. The highest BCUT2D eigenvalue weighted by Crippen LogP contribution is 2.13. The molecular formula is C10H27N3OSi. The molecule has 0 aliphatic carbocycles. The van der Waals surface area contributed by atoms with E-state index in [0.29, 0.717) is 6.54 Å². The van der Waals surface area contributed by atoms with Crippen molar-refractivity contribution >= 4 is 8.32 Å². The Hall–Kier alpha value is 0.0569. The van der Waals surface area contributed by atoms with Crippen molar-refractivity contribution in [2.24, 2.45) is 11.5 Å². The molecule has 0 aliphatic rings. The van der Waals surface area contributed by atoms with Crippen LogP contribution in [0.25, 0.3) is 0 Å². The van der Waals surface area contributed by atoms with E-state index >= 15 is 0 Å². The molecule has 0 aromatic carbocycles. The van der Waals surface area contributed by atoms with Crippen LogP contribution < -0.4 is 16.8 Å². The molecule has 0 heterocycles. The van der Waals surface area contributed by atoms with Gasteiger partial charge in [0.05, 0.1) is 0 Å². The summed E-state index contributed by atoms with van der Waals surface area (Å²) in [4.78, 5) is 0. The first-order chi connectivity index (χ1) is 7.12. The van der Waals surface area contributed by atoms with Gasteiger partial charge in [-0.15, -0.1) is 0 Å². The van der Waals surface area contributed by atoms with E-state index in [4.69, 9.17) is 15.9 Å². The summed E-state index contributed by atoms with van der Waals surface area (Å²) in [6.45, 7) is 8.77. The average Bonchev–Trinajstić information content (AvgIpc) is 2.17. The summed E-state index contributed by atoms with van der Waals surface area (Å²) in [5, 5.41) is 3.30. The topological polar surface area (TPSA) is 73.3 Å². The number of hydrogen-bond donors (Lipinski definition) is 3. The maximum Gasteiger partial charge on any atom is 0.186 e. The predicted octanol–water partition coefficient (Wildman–Crippen LogP) is 0.495. The van der Waals surface area contributed by atoms with E-state index in [2.05, 4.69) is 18.4 Å². The van der Waals surface area contributed by atoms with E-state index < -0.39 is 8.32 Å². The normalized spacial score (nSPS) is 12.0. The van der Waals surface area contributed by atoms with Crippen LogP contribution in [0.2, 0.25) is 19.1 Å². The molecule has 92 valence electrons. The van der Waals surface area contributed by atoms with E-state index in [1.807, 2.05) is 0 Å². The Balaban J connectivity index is 3.38. The molecule has 5 heteroatoms. The first-order valence-electron chi connectivity index (χ1n) is 5.87. The smallest absolute Gasteiger partial charge is 0.186 e. The first-order valence-corrected chi connectivity index (χ1v) is 8.99. The Morgan fingerprint density at radius 3 is 2.40 bits per heavy atom.